The van der Waals surface area contributed by atoms with E-state index in [0.29, 0.717) is 0 Å². The molecule has 0 spiro atoms. The molecule has 114 valence electrons. The first-order valence-electron chi connectivity index (χ1n) is 8.18. The standard InChI is InChI=1S/C19H27NO/c1-4-5-16-6-8-19(13-20,9-7-16)18(21)17-11-14(2)10-15(3)12-17/h10-12,16,18,21H,4-9H2,1-3H3. The van der Waals surface area contributed by atoms with Crippen molar-refractivity contribution in [3.63, 3.8) is 0 Å². The van der Waals surface area contributed by atoms with E-state index in [1.165, 1.54) is 12.8 Å². The largest absolute Gasteiger partial charge is 0.387 e. The third kappa shape index (κ3) is 3.47. The van der Waals surface area contributed by atoms with Crippen LogP contribution in [0.25, 0.3) is 0 Å². The van der Waals surface area contributed by atoms with E-state index >= 15 is 0 Å². The molecule has 0 aromatic heterocycles. The molecule has 0 bridgehead atoms. The van der Waals surface area contributed by atoms with Crippen LogP contribution >= 0.6 is 0 Å². The molecule has 21 heavy (non-hydrogen) atoms. The van der Waals surface area contributed by atoms with Gasteiger partial charge in [0.15, 0.2) is 0 Å². The molecule has 2 heteroatoms. The Balaban J connectivity index is 2.19. The van der Waals surface area contributed by atoms with E-state index in [1.807, 2.05) is 26.0 Å². The van der Waals surface area contributed by atoms with Crippen molar-refractivity contribution in [3.8, 4) is 6.07 Å². The summed E-state index contributed by atoms with van der Waals surface area (Å²) in [5, 5.41) is 20.6. The molecule has 1 aromatic rings. The predicted octanol–water partition coefficient (Wildman–Crippen LogP) is 4.84. The number of rotatable bonds is 4. The Morgan fingerprint density at radius 1 is 1.24 bits per heavy atom. The lowest BCUT2D eigenvalue weighted by atomic mass is 9.66. The Kier molecular flexibility index (Phi) is 5.06. The van der Waals surface area contributed by atoms with Crippen molar-refractivity contribution in [3.05, 3.63) is 34.9 Å². The van der Waals surface area contributed by atoms with E-state index in [0.717, 1.165) is 48.3 Å². The van der Waals surface area contributed by atoms with Crippen LogP contribution in [0.4, 0.5) is 0 Å². The fourth-order valence-corrected chi connectivity index (χ4v) is 3.82. The molecule has 0 radical (unpaired) electrons. The molecule has 1 N–H and O–H groups in total. The SMILES string of the molecule is CCCC1CCC(C#N)(C(O)c2cc(C)cc(C)c2)CC1. The zero-order chi connectivity index (χ0) is 15.5. The molecule has 0 heterocycles. The molecule has 1 unspecified atom stereocenters. The summed E-state index contributed by atoms with van der Waals surface area (Å²) < 4.78 is 0. The van der Waals surface area contributed by atoms with Crippen LogP contribution in [0.2, 0.25) is 0 Å². The molecule has 1 aliphatic carbocycles. The second-order valence-electron chi connectivity index (χ2n) is 6.82. The minimum absolute atomic E-state index is 0.593. The van der Waals surface area contributed by atoms with Crippen molar-refractivity contribution in [2.45, 2.75) is 65.4 Å². The first kappa shape index (κ1) is 16.0. The highest BCUT2D eigenvalue weighted by Crippen LogP contribution is 2.48. The topological polar surface area (TPSA) is 44.0 Å². The van der Waals surface area contributed by atoms with Gasteiger partial charge < -0.3 is 5.11 Å². The fraction of sp³-hybridized carbons (Fsp3) is 0.632. The molecule has 1 aliphatic rings. The Morgan fingerprint density at radius 2 is 1.81 bits per heavy atom. The minimum Gasteiger partial charge on any atom is -0.387 e. The van der Waals surface area contributed by atoms with E-state index in [2.05, 4.69) is 19.1 Å². The van der Waals surface area contributed by atoms with E-state index in [-0.39, 0.29) is 0 Å². The molecule has 2 rings (SSSR count). The van der Waals surface area contributed by atoms with Crippen molar-refractivity contribution >= 4 is 0 Å². The Hall–Kier alpha value is -1.33. The number of hydrogen-bond acceptors (Lipinski definition) is 2. The Bertz CT molecular complexity index is 501. The van der Waals surface area contributed by atoms with Gasteiger partial charge in [-0.3, -0.25) is 0 Å². The molecule has 1 fully saturated rings. The smallest absolute Gasteiger partial charge is 0.0976 e. The summed E-state index contributed by atoms with van der Waals surface area (Å²) >= 11 is 0. The molecular formula is C19H27NO. The first-order valence-corrected chi connectivity index (χ1v) is 8.18. The number of nitriles is 1. The van der Waals surface area contributed by atoms with Crippen LogP contribution in [0.3, 0.4) is 0 Å². The summed E-state index contributed by atoms with van der Waals surface area (Å²) in [5.41, 5.74) is 2.61. The molecule has 1 aromatic carbocycles. The Morgan fingerprint density at radius 3 is 2.29 bits per heavy atom. The quantitative estimate of drug-likeness (QED) is 0.860. The lowest BCUT2D eigenvalue weighted by molar-refractivity contribution is 0.0236. The molecular weight excluding hydrogens is 258 g/mol. The molecule has 0 saturated heterocycles. The maximum absolute atomic E-state index is 10.8. The zero-order valence-corrected chi connectivity index (χ0v) is 13.5. The lowest BCUT2D eigenvalue weighted by Crippen LogP contribution is -2.32. The molecule has 1 atom stereocenters. The van der Waals surface area contributed by atoms with Crippen molar-refractivity contribution in [2.75, 3.05) is 0 Å². The van der Waals surface area contributed by atoms with Gasteiger partial charge >= 0.3 is 0 Å². The van der Waals surface area contributed by atoms with Gasteiger partial charge in [0, 0.05) is 0 Å². The summed E-state index contributed by atoms with van der Waals surface area (Å²) in [4.78, 5) is 0. The van der Waals surface area contributed by atoms with Gasteiger partial charge in [0.05, 0.1) is 17.6 Å². The molecule has 0 amide bonds. The number of aliphatic hydroxyl groups excluding tert-OH is 1. The van der Waals surface area contributed by atoms with Crippen molar-refractivity contribution in [1.29, 1.82) is 5.26 Å². The van der Waals surface area contributed by atoms with Gasteiger partial charge in [-0.25, -0.2) is 0 Å². The minimum atomic E-state index is -0.663. The monoisotopic (exact) mass is 285 g/mol. The molecule has 2 nitrogen and oxygen atoms in total. The van der Waals surface area contributed by atoms with Gasteiger partial charge in [-0.1, -0.05) is 49.1 Å². The van der Waals surface area contributed by atoms with Crippen molar-refractivity contribution < 1.29 is 5.11 Å². The van der Waals surface area contributed by atoms with Crippen LogP contribution in [0, 0.1) is 36.5 Å². The third-order valence-electron chi connectivity index (χ3n) is 5.00. The average molecular weight is 285 g/mol. The van der Waals surface area contributed by atoms with Crippen LogP contribution < -0.4 is 0 Å². The molecule has 0 aliphatic heterocycles. The number of benzene rings is 1. The van der Waals surface area contributed by atoms with E-state index < -0.39 is 11.5 Å². The highest BCUT2D eigenvalue weighted by molar-refractivity contribution is 5.32. The fourth-order valence-electron chi connectivity index (χ4n) is 3.82. The normalized spacial score (nSPS) is 27.1. The van der Waals surface area contributed by atoms with Gasteiger partial charge in [0.25, 0.3) is 0 Å². The maximum Gasteiger partial charge on any atom is 0.0976 e. The van der Waals surface area contributed by atoms with Crippen molar-refractivity contribution in [2.24, 2.45) is 11.3 Å². The summed E-state index contributed by atoms with van der Waals surface area (Å²) in [6, 6.07) is 8.62. The number of nitrogens with zero attached hydrogens (tertiary/aromatic N) is 1. The second-order valence-corrected chi connectivity index (χ2v) is 6.82. The van der Waals surface area contributed by atoms with Gasteiger partial charge in [-0.2, -0.15) is 5.26 Å². The summed E-state index contributed by atoms with van der Waals surface area (Å²) in [6.45, 7) is 6.30. The number of aryl methyl sites for hydroxylation is 2. The van der Waals surface area contributed by atoms with E-state index in [4.69, 9.17) is 0 Å². The molecule has 1 saturated carbocycles. The highest BCUT2D eigenvalue weighted by atomic mass is 16.3. The summed E-state index contributed by atoms with van der Waals surface area (Å²) in [5.74, 6) is 0.739. The van der Waals surface area contributed by atoms with Crippen LogP contribution in [0.15, 0.2) is 18.2 Å². The van der Waals surface area contributed by atoms with Gasteiger partial charge in [0.2, 0.25) is 0 Å². The van der Waals surface area contributed by atoms with E-state index in [1.54, 1.807) is 0 Å². The van der Waals surface area contributed by atoms with Crippen LogP contribution in [-0.2, 0) is 0 Å². The summed E-state index contributed by atoms with van der Waals surface area (Å²) in [7, 11) is 0. The average Bonchev–Trinajstić information content (AvgIpc) is 2.47. The predicted molar refractivity (Wildman–Crippen MR) is 85.8 cm³/mol. The second kappa shape index (κ2) is 6.62. The maximum atomic E-state index is 10.8. The van der Waals surface area contributed by atoms with Crippen LogP contribution in [-0.4, -0.2) is 5.11 Å². The van der Waals surface area contributed by atoms with Gasteiger partial charge in [0.1, 0.15) is 0 Å². The highest BCUT2D eigenvalue weighted by Gasteiger charge is 2.42. The van der Waals surface area contributed by atoms with E-state index in [9.17, 15) is 10.4 Å². The van der Waals surface area contributed by atoms with Gasteiger partial charge in [-0.15, -0.1) is 0 Å². The van der Waals surface area contributed by atoms with Gasteiger partial charge in [-0.05, 0) is 51.0 Å². The van der Waals surface area contributed by atoms with Crippen LogP contribution in [0.1, 0.15) is 68.2 Å². The third-order valence-corrected chi connectivity index (χ3v) is 5.00. The van der Waals surface area contributed by atoms with Crippen LogP contribution in [0.5, 0.6) is 0 Å². The lowest BCUT2D eigenvalue weighted by Gasteiger charge is -2.38. The summed E-state index contributed by atoms with van der Waals surface area (Å²) in [6.07, 6.45) is 5.59. The first-order chi connectivity index (χ1) is 10.0. The number of hydrogen-bond donors (Lipinski definition) is 1. The van der Waals surface area contributed by atoms with Crippen molar-refractivity contribution in [1.82, 2.24) is 0 Å². The number of aliphatic hydroxyl groups is 1. The zero-order valence-electron chi connectivity index (χ0n) is 13.5. The Labute approximate surface area is 128 Å².